The Balaban J connectivity index is 3.31. The predicted octanol–water partition coefficient (Wildman–Crippen LogP) is 2.00. The van der Waals surface area contributed by atoms with Crippen LogP contribution in [0, 0.1) is 0 Å². The molecule has 0 saturated carbocycles. The Hall–Kier alpha value is -1.29. The van der Waals surface area contributed by atoms with Crippen molar-refractivity contribution in [3.8, 4) is 5.88 Å². The van der Waals surface area contributed by atoms with Crippen LogP contribution in [0.2, 0.25) is 5.02 Å². The van der Waals surface area contributed by atoms with Gasteiger partial charge in [-0.15, -0.1) is 0 Å². The van der Waals surface area contributed by atoms with Crippen LogP contribution in [-0.4, -0.2) is 23.2 Å². The number of aromatic carboxylic acids is 1. The number of rotatable bonds is 3. The quantitative estimate of drug-likeness (QED) is 0.838. The van der Waals surface area contributed by atoms with E-state index in [-0.39, 0.29) is 11.4 Å². The number of nitrogens with zero attached hydrogens (tertiary/aromatic N) is 1. The second kappa shape index (κ2) is 4.28. The topological polar surface area (TPSA) is 59.4 Å². The van der Waals surface area contributed by atoms with Crippen molar-refractivity contribution >= 4 is 17.6 Å². The molecule has 76 valence electrons. The van der Waals surface area contributed by atoms with E-state index in [1.165, 1.54) is 13.2 Å². The molecule has 0 aliphatic heterocycles. The largest absolute Gasteiger partial charge is 0.480 e. The summed E-state index contributed by atoms with van der Waals surface area (Å²) in [6.45, 7) is 1.88. The van der Waals surface area contributed by atoms with Crippen molar-refractivity contribution in [3.05, 3.63) is 22.3 Å². The second-order valence-electron chi connectivity index (χ2n) is 2.63. The zero-order chi connectivity index (χ0) is 10.7. The highest BCUT2D eigenvalue weighted by Crippen LogP contribution is 2.23. The van der Waals surface area contributed by atoms with Crippen LogP contribution in [0.5, 0.6) is 5.88 Å². The fraction of sp³-hybridized carbons (Fsp3) is 0.333. The summed E-state index contributed by atoms with van der Waals surface area (Å²) in [5.41, 5.74) is 0.614. The maximum absolute atomic E-state index is 10.8. The van der Waals surface area contributed by atoms with E-state index in [9.17, 15) is 4.79 Å². The average Bonchev–Trinajstić information content (AvgIpc) is 2.17. The lowest BCUT2D eigenvalue weighted by Gasteiger charge is -2.07. The van der Waals surface area contributed by atoms with Crippen LogP contribution >= 0.6 is 11.6 Å². The molecule has 4 nitrogen and oxygen atoms in total. The zero-order valence-corrected chi connectivity index (χ0v) is 8.63. The van der Waals surface area contributed by atoms with Crippen LogP contribution < -0.4 is 4.74 Å². The molecule has 0 radical (unpaired) electrons. The molecule has 5 heteroatoms. The van der Waals surface area contributed by atoms with Gasteiger partial charge in [0.2, 0.25) is 5.88 Å². The molecule has 1 aromatic heterocycles. The van der Waals surface area contributed by atoms with Gasteiger partial charge in [-0.1, -0.05) is 18.5 Å². The highest BCUT2D eigenvalue weighted by atomic mass is 35.5. The fourth-order valence-electron chi connectivity index (χ4n) is 1.06. The second-order valence-corrected chi connectivity index (χ2v) is 3.04. The molecule has 0 saturated heterocycles. The summed E-state index contributed by atoms with van der Waals surface area (Å²) in [5.74, 6) is -1.00. The molecule has 0 fully saturated rings. The van der Waals surface area contributed by atoms with Gasteiger partial charge in [-0.3, -0.25) is 0 Å². The Morgan fingerprint density at radius 3 is 2.79 bits per heavy atom. The number of hydrogen-bond donors (Lipinski definition) is 1. The SMILES string of the molecule is CCc1nc(OC)c(C(=O)O)cc1Cl. The molecule has 0 unspecified atom stereocenters. The first-order chi connectivity index (χ1) is 6.60. The Bertz CT molecular complexity index is 365. The summed E-state index contributed by atoms with van der Waals surface area (Å²) in [7, 11) is 1.38. The minimum Gasteiger partial charge on any atom is -0.480 e. The number of carboxylic acid groups (broad SMARTS) is 1. The molecule has 0 aliphatic carbocycles. The zero-order valence-electron chi connectivity index (χ0n) is 7.87. The van der Waals surface area contributed by atoms with Crippen LogP contribution in [0.25, 0.3) is 0 Å². The molecule has 0 bridgehead atoms. The van der Waals surface area contributed by atoms with Crippen LogP contribution in [0.15, 0.2) is 6.07 Å². The molecule has 14 heavy (non-hydrogen) atoms. The lowest BCUT2D eigenvalue weighted by Crippen LogP contribution is -2.04. The van der Waals surface area contributed by atoms with E-state index < -0.39 is 5.97 Å². The summed E-state index contributed by atoms with van der Waals surface area (Å²) in [5, 5.41) is 9.16. The number of halogens is 1. The summed E-state index contributed by atoms with van der Waals surface area (Å²) in [6.07, 6.45) is 0.634. The minimum absolute atomic E-state index is 0.0188. The van der Waals surface area contributed by atoms with Gasteiger partial charge in [-0.25, -0.2) is 9.78 Å². The third-order valence-electron chi connectivity index (χ3n) is 1.77. The van der Waals surface area contributed by atoms with Gasteiger partial charge >= 0.3 is 5.97 Å². The number of aromatic nitrogens is 1. The number of carboxylic acids is 1. The lowest BCUT2D eigenvalue weighted by atomic mass is 10.2. The molecular weight excluding hydrogens is 206 g/mol. The van der Waals surface area contributed by atoms with E-state index >= 15 is 0 Å². The Morgan fingerprint density at radius 1 is 1.71 bits per heavy atom. The van der Waals surface area contributed by atoms with Crippen molar-refractivity contribution in [2.45, 2.75) is 13.3 Å². The van der Waals surface area contributed by atoms with E-state index in [4.69, 9.17) is 21.4 Å². The van der Waals surface area contributed by atoms with Gasteiger partial charge in [0.05, 0.1) is 17.8 Å². The minimum atomic E-state index is -1.10. The van der Waals surface area contributed by atoms with Gasteiger partial charge in [0, 0.05) is 0 Å². The van der Waals surface area contributed by atoms with Gasteiger partial charge in [0.1, 0.15) is 5.56 Å². The van der Waals surface area contributed by atoms with Gasteiger partial charge in [0.15, 0.2) is 0 Å². The van der Waals surface area contributed by atoms with Crippen LogP contribution in [0.3, 0.4) is 0 Å². The first-order valence-corrected chi connectivity index (χ1v) is 4.44. The molecule has 0 aliphatic rings. The smallest absolute Gasteiger partial charge is 0.341 e. The number of aryl methyl sites for hydroxylation is 1. The molecule has 1 rings (SSSR count). The van der Waals surface area contributed by atoms with Gasteiger partial charge in [0.25, 0.3) is 0 Å². The Kier molecular flexibility index (Phi) is 3.30. The highest BCUT2D eigenvalue weighted by Gasteiger charge is 2.15. The number of ether oxygens (including phenoxy) is 1. The summed E-state index contributed by atoms with van der Waals surface area (Å²) >= 11 is 5.82. The normalized spacial score (nSPS) is 9.93. The molecule has 1 aromatic rings. The average molecular weight is 216 g/mol. The van der Waals surface area contributed by atoms with Crippen molar-refractivity contribution in [1.29, 1.82) is 0 Å². The monoisotopic (exact) mass is 215 g/mol. The Labute approximate surface area is 86.5 Å². The molecule has 1 N–H and O–H groups in total. The Morgan fingerprint density at radius 2 is 2.36 bits per heavy atom. The fourth-order valence-corrected chi connectivity index (χ4v) is 1.35. The number of pyridine rings is 1. The van der Waals surface area contributed by atoms with Crippen molar-refractivity contribution < 1.29 is 14.6 Å². The van der Waals surface area contributed by atoms with Gasteiger partial charge in [-0.2, -0.15) is 0 Å². The number of carbonyl (C=O) groups is 1. The van der Waals surface area contributed by atoms with Gasteiger partial charge < -0.3 is 9.84 Å². The summed E-state index contributed by atoms with van der Waals surface area (Å²) < 4.78 is 4.85. The summed E-state index contributed by atoms with van der Waals surface area (Å²) in [6, 6.07) is 1.36. The number of hydrogen-bond acceptors (Lipinski definition) is 3. The number of methoxy groups -OCH3 is 1. The van der Waals surface area contributed by atoms with Crippen molar-refractivity contribution in [1.82, 2.24) is 4.98 Å². The molecule has 1 heterocycles. The standard InChI is InChI=1S/C9H10ClNO3/c1-3-7-6(10)4-5(9(12)13)8(11-7)14-2/h4H,3H2,1-2H3,(H,12,13). The van der Waals surface area contributed by atoms with Crippen LogP contribution in [0.4, 0.5) is 0 Å². The first kappa shape index (κ1) is 10.8. The first-order valence-electron chi connectivity index (χ1n) is 4.06. The van der Waals surface area contributed by atoms with E-state index in [0.717, 1.165) is 0 Å². The van der Waals surface area contributed by atoms with Crippen molar-refractivity contribution in [2.24, 2.45) is 0 Å². The van der Waals surface area contributed by atoms with Gasteiger partial charge in [-0.05, 0) is 12.5 Å². The van der Waals surface area contributed by atoms with Crippen LogP contribution in [-0.2, 0) is 6.42 Å². The highest BCUT2D eigenvalue weighted by molar-refractivity contribution is 6.31. The van der Waals surface area contributed by atoms with E-state index in [1.54, 1.807) is 0 Å². The third kappa shape index (κ3) is 1.96. The summed E-state index contributed by atoms with van der Waals surface area (Å²) in [4.78, 5) is 14.7. The molecule has 0 amide bonds. The third-order valence-corrected chi connectivity index (χ3v) is 2.10. The molecular formula is C9H10ClNO3. The van der Waals surface area contributed by atoms with Crippen molar-refractivity contribution in [2.75, 3.05) is 7.11 Å². The maximum Gasteiger partial charge on any atom is 0.341 e. The molecule has 0 atom stereocenters. The molecule has 0 spiro atoms. The molecule has 0 aromatic carbocycles. The lowest BCUT2D eigenvalue weighted by molar-refractivity contribution is 0.0692. The van der Waals surface area contributed by atoms with E-state index in [0.29, 0.717) is 17.1 Å². The van der Waals surface area contributed by atoms with Crippen molar-refractivity contribution in [3.63, 3.8) is 0 Å². The van der Waals surface area contributed by atoms with Crippen LogP contribution in [0.1, 0.15) is 23.0 Å². The maximum atomic E-state index is 10.8. The van der Waals surface area contributed by atoms with E-state index in [2.05, 4.69) is 4.98 Å². The van der Waals surface area contributed by atoms with E-state index in [1.807, 2.05) is 6.92 Å². The predicted molar refractivity (Wildman–Crippen MR) is 52.1 cm³/mol.